The Morgan fingerprint density at radius 3 is 2.68 bits per heavy atom. The molecule has 0 aliphatic heterocycles. The maximum atomic E-state index is 12.3. The number of aryl methyl sites for hydroxylation is 1. The van der Waals surface area contributed by atoms with Crippen LogP contribution < -0.4 is 10.6 Å². The van der Waals surface area contributed by atoms with Gasteiger partial charge in [0.1, 0.15) is 5.69 Å². The van der Waals surface area contributed by atoms with Crippen molar-refractivity contribution in [1.29, 1.82) is 0 Å². The molecule has 1 aromatic carbocycles. The van der Waals surface area contributed by atoms with Crippen LogP contribution in [0.25, 0.3) is 0 Å². The number of nitrogens with zero attached hydrogens (tertiary/aromatic N) is 2. The van der Waals surface area contributed by atoms with Gasteiger partial charge in [0.2, 0.25) is 0 Å². The van der Waals surface area contributed by atoms with Crippen LogP contribution in [-0.2, 0) is 13.1 Å². The van der Waals surface area contributed by atoms with E-state index in [9.17, 15) is 4.79 Å². The highest BCUT2D eigenvalue weighted by molar-refractivity contribution is 5.93. The molecule has 0 bridgehead atoms. The van der Waals surface area contributed by atoms with E-state index >= 15 is 0 Å². The monoisotopic (exact) mass is 332 g/mol. The normalized spacial score (nSPS) is 10.3. The number of amides is 1. The quantitative estimate of drug-likeness (QED) is 0.726. The summed E-state index contributed by atoms with van der Waals surface area (Å²) >= 11 is 0. The third-order valence-electron chi connectivity index (χ3n) is 3.73. The van der Waals surface area contributed by atoms with E-state index < -0.39 is 0 Å². The summed E-state index contributed by atoms with van der Waals surface area (Å²) in [6, 6.07) is 17.4. The van der Waals surface area contributed by atoms with Crippen molar-refractivity contribution < 1.29 is 4.79 Å². The number of carbonyl (C=O) groups is 1. The van der Waals surface area contributed by atoms with Crippen molar-refractivity contribution in [2.45, 2.75) is 20.0 Å². The van der Waals surface area contributed by atoms with Crippen molar-refractivity contribution >= 4 is 11.6 Å². The van der Waals surface area contributed by atoms with Crippen molar-refractivity contribution in [1.82, 2.24) is 15.3 Å². The van der Waals surface area contributed by atoms with Crippen molar-refractivity contribution in [3.8, 4) is 0 Å². The van der Waals surface area contributed by atoms with Gasteiger partial charge >= 0.3 is 0 Å². The molecule has 0 saturated heterocycles. The first-order valence-electron chi connectivity index (χ1n) is 8.14. The standard InChI is InChI=1S/C20H20N4O/c1-15-5-4-6-16(11-15)13-24-20(25)19-12-17(8-10-22-19)23-14-18-7-2-3-9-21-18/h2-12H,13-14H2,1H3,(H,22,23)(H,24,25). The van der Waals surface area contributed by atoms with Crippen LogP contribution in [0.4, 0.5) is 5.69 Å². The van der Waals surface area contributed by atoms with E-state index in [-0.39, 0.29) is 5.91 Å². The summed E-state index contributed by atoms with van der Waals surface area (Å²) < 4.78 is 0. The molecule has 2 N–H and O–H groups in total. The predicted molar refractivity (Wildman–Crippen MR) is 98.1 cm³/mol. The fourth-order valence-corrected chi connectivity index (χ4v) is 2.45. The summed E-state index contributed by atoms with van der Waals surface area (Å²) in [5.41, 5.74) is 4.40. The van der Waals surface area contributed by atoms with Crippen LogP contribution in [0, 0.1) is 6.92 Å². The molecule has 3 rings (SSSR count). The van der Waals surface area contributed by atoms with Gasteiger partial charge in [0.15, 0.2) is 0 Å². The average Bonchev–Trinajstić information content (AvgIpc) is 2.65. The minimum Gasteiger partial charge on any atom is -0.379 e. The minimum atomic E-state index is -0.192. The van der Waals surface area contributed by atoms with Gasteiger partial charge in [-0.3, -0.25) is 14.8 Å². The van der Waals surface area contributed by atoms with Crippen LogP contribution in [0.5, 0.6) is 0 Å². The second-order valence-electron chi connectivity index (χ2n) is 5.78. The highest BCUT2D eigenvalue weighted by Gasteiger charge is 2.08. The molecule has 0 aliphatic rings. The zero-order valence-electron chi connectivity index (χ0n) is 14.1. The second-order valence-corrected chi connectivity index (χ2v) is 5.78. The lowest BCUT2D eigenvalue weighted by atomic mass is 10.1. The molecule has 0 radical (unpaired) electrons. The number of pyridine rings is 2. The van der Waals surface area contributed by atoms with Crippen molar-refractivity contribution in [2.75, 3.05) is 5.32 Å². The molecule has 25 heavy (non-hydrogen) atoms. The van der Waals surface area contributed by atoms with E-state index in [1.807, 2.05) is 49.4 Å². The molecular formula is C20H20N4O. The van der Waals surface area contributed by atoms with Gasteiger partial charge in [-0.15, -0.1) is 0 Å². The number of aromatic nitrogens is 2. The number of hydrogen-bond donors (Lipinski definition) is 2. The first-order valence-corrected chi connectivity index (χ1v) is 8.14. The zero-order valence-corrected chi connectivity index (χ0v) is 14.1. The van der Waals surface area contributed by atoms with E-state index in [4.69, 9.17) is 0 Å². The Hall–Kier alpha value is -3.21. The lowest BCUT2D eigenvalue weighted by molar-refractivity contribution is 0.0946. The number of benzene rings is 1. The summed E-state index contributed by atoms with van der Waals surface area (Å²) in [5, 5.41) is 6.16. The van der Waals surface area contributed by atoms with Crippen molar-refractivity contribution in [3.63, 3.8) is 0 Å². The Morgan fingerprint density at radius 2 is 1.88 bits per heavy atom. The topological polar surface area (TPSA) is 66.9 Å². The molecular weight excluding hydrogens is 312 g/mol. The van der Waals surface area contributed by atoms with Gasteiger partial charge < -0.3 is 10.6 Å². The molecule has 0 atom stereocenters. The largest absolute Gasteiger partial charge is 0.379 e. The zero-order chi connectivity index (χ0) is 17.5. The number of nitrogens with one attached hydrogen (secondary N) is 2. The van der Waals surface area contributed by atoms with E-state index in [2.05, 4.69) is 26.7 Å². The van der Waals surface area contributed by atoms with E-state index in [1.165, 1.54) is 5.56 Å². The fourth-order valence-electron chi connectivity index (χ4n) is 2.45. The van der Waals surface area contributed by atoms with E-state index in [1.54, 1.807) is 18.5 Å². The molecule has 2 aromatic heterocycles. The van der Waals surface area contributed by atoms with Gasteiger partial charge in [-0.1, -0.05) is 35.9 Å². The Kier molecular flexibility index (Phi) is 5.36. The van der Waals surface area contributed by atoms with Crippen LogP contribution in [0.2, 0.25) is 0 Å². The third-order valence-corrected chi connectivity index (χ3v) is 3.73. The first kappa shape index (κ1) is 16.6. The third kappa shape index (κ3) is 4.88. The van der Waals surface area contributed by atoms with Gasteiger partial charge in [0.25, 0.3) is 5.91 Å². The Labute approximate surface area is 147 Å². The van der Waals surface area contributed by atoms with Crippen LogP contribution in [0.1, 0.15) is 27.3 Å². The summed E-state index contributed by atoms with van der Waals surface area (Å²) in [6.45, 7) is 3.10. The highest BCUT2D eigenvalue weighted by atomic mass is 16.1. The van der Waals surface area contributed by atoms with Crippen LogP contribution in [-0.4, -0.2) is 15.9 Å². The molecule has 1 amide bonds. The lowest BCUT2D eigenvalue weighted by Crippen LogP contribution is -2.23. The van der Waals surface area contributed by atoms with E-state index in [0.29, 0.717) is 18.8 Å². The minimum absolute atomic E-state index is 0.192. The van der Waals surface area contributed by atoms with Gasteiger partial charge in [-0.2, -0.15) is 0 Å². The Bertz CT molecular complexity index is 849. The average molecular weight is 332 g/mol. The summed E-state index contributed by atoms with van der Waals surface area (Å²) in [6.07, 6.45) is 3.38. The molecule has 5 heteroatoms. The smallest absolute Gasteiger partial charge is 0.270 e. The number of anilines is 1. The van der Waals surface area contributed by atoms with Crippen LogP contribution >= 0.6 is 0 Å². The maximum Gasteiger partial charge on any atom is 0.270 e. The number of carbonyl (C=O) groups excluding carboxylic acids is 1. The molecule has 0 spiro atoms. The lowest BCUT2D eigenvalue weighted by Gasteiger charge is -2.09. The van der Waals surface area contributed by atoms with Crippen molar-refractivity contribution in [3.05, 3.63) is 89.5 Å². The van der Waals surface area contributed by atoms with Gasteiger partial charge in [-0.05, 0) is 36.8 Å². The second kappa shape index (κ2) is 8.06. The van der Waals surface area contributed by atoms with Crippen LogP contribution in [0.3, 0.4) is 0 Å². The summed E-state index contributed by atoms with van der Waals surface area (Å²) in [4.78, 5) is 20.7. The van der Waals surface area contributed by atoms with Crippen LogP contribution in [0.15, 0.2) is 67.0 Å². The molecule has 2 heterocycles. The van der Waals surface area contributed by atoms with Gasteiger partial charge in [0, 0.05) is 24.6 Å². The summed E-state index contributed by atoms with van der Waals surface area (Å²) in [5.74, 6) is -0.192. The highest BCUT2D eigenvalue weighted by Crippen LogP contribution is 2.10. The Balaban J connectivity index is 1.59. The Morgan fingerprint density at radius 1 is 0.960 bits per heavy atom. The number of hydrogen-bond acceptors (Lipinski definition) is 4. The SMILES string of the molecule is Cc1cccc(CNC(=O)c2cc(NCc3ccccn3)ccn2)c1. The van der Waals surface area contributed by atoms with Gasteiger partial charge in [0.05, 0.1) is 12.2 Å². The molecule has 3 aromatic rings. The molecule has 0 fully saturated rings. The predicted octanol–water partition coefficient (Wildman–Crippen LogP) is 3.33. The summed E-state index contributed by atoms with van der Waals surface area (Å²) in [7, 11) is 0. The first-order chi connectivity index (χ1) is 12.2. The van der Waals surface area contributed by atoms with Gasteiger partial charge in [-0.25, -0.2) is 0 Å². The van der Waals surface area contributed by atoms with Crippen molar-refractivity contribution in [2.24, 2.45) is 0 Å². The molecule has 0 aliphatic carbocycles. The molecule has 126 valence electrons. The molecule has 5 nitrogen and oxygen atoms in total. The fraction of sp³-hybridized carbons (Fsp3) is 0.150. The molecule has 0 saturated carbocycles. The maximum absolute atomic E-state index is 12.3. The van der Waals surface area contributed by atoms with E-state index in [0.717, 1.165) is 16.9 Å². The number of rotatable bonds is 6. The molecule has 0 unspecified atom stereocenters.